The summed E-state index contributed by atoms with van der Waals surface area (Å²) in [5, 5.41) is 7.33. The second kappa shape index (κ2) is 9.82. The number of rotatable bonds is 8. The number of nitrogens with zero attached hydrogens (tertiary/aromatic N) is 3. The second-order valence-electron chi connectivity index (χ2n) is 7.49. The molecule has 0 saturated carbocycles. The predicted octanol–water partition coefficient (Wildman–Crippen LogP) is 3.92. The van der Waals surface area contributed by atoms with Gasteiger partial charge in [-0.05, 0) is 55.9 Å². The van der Waals surface area contributed by atoms with Crippen molar-refractivity contribution < 1.29 is 13.3 Å². The molecule has 1 aliphatic rings. The molecule has 7 heteroatoms. The van der Waals surface area contributed by atoms with Gasteiger partial charge in [-0.2, -0.15) is 0 Å². The SMILES string of the molecule is Fc1ccc(N2CCN(CCCNCc3cc(-c4ccccc4F)no3)CC2)cc1. The lowest BCUT2D eigenvalue weighted by Gasteiger charge is -2.36. The fourth-order valence-corrected chi connectivity index (χ4v) is 3.71. The largest absolute Gasteiger partial charge is 0.369 e. The molecule has 1 aliphatic heterocycles. The van der Waals surface area contributed by atoms with Crippen molar-refractivity contribution in [3.05, 3.63) is 72.0 Å². The lowest BCUT2D eigenvalue weighted by molar-refractivity contribution is 0.253. The van der Waals surface area contributed by atoms with Gasteiger partial charge in [0, 0.05) is 43.5 Å². The van der Waals surface area contributed by atoms with E-state index in [1.807, 2.05) is 12.1 Å². The number of anilines is 1. The Hall–Kier alpha value is -2.77. The van der Waals surface area contributed by atoms with Gasteiger partial charge in [0.15, 0.2) is 5.76 Å². The highest BCUT2D eigenvalue weighted by Crippen LogP contribution is 2.22. The van der Waals surface area contributed by atoms with Gasteiger partial charge in [0.2, 0.25) is 0 Å². The molecule has 0 spiro atoms. The molecule has 1 aromatic heterocycles. The van der Waals surface area contributed by atoms with Gasteiger partial charge in [-0.3, -0.25) is 4.90 Å². The highest BCUT2D eigenvalue weighted by atomic mass is 19.1. The maximum atomic E-state index is 13.8. The number of piperazine rings is 1. The third kappa shape index (κ3) is 5.23. The minimum absolute atomic E-state index is 0.196. The molecule has 2 heterocycles. The lowest BCUT2D eigenvalue weighted by Crippen LogP contribution is -2.47. The quantitative estimate of drug-likeness (QED) is 0.568. The molecule has 0 radical (unpaired) electrons. The first-order chi connectivity index (χ1) is 14.7. The van der Waals surface area contributed by atoms with E-state index in [2.05, 4.69) is 20.3 Å². The number of hydrogen-bond acceptors (Lipinski definition) is 5. The van der Waals surface area contributed by atoms with Crippen LogP contribution in [0, 0.1) is 11.6 Å². The van der Waals surface area contributed by atoms with Gasteiger partial charge < -0.3 is 14.7 Å². The van der Waals surface area contributed by atoms with Crippen LogP contribution in [0.3, 0.4) is 0 Å². The van der Waals surface area contributed by atoms with E-state index in [-0.39, 0.29) is 11.6 Å². The predicted molar refractivity (Wildman–Crippen MR) is 113 cm³/mol. The monoisotopic (exact) mass is 412 g/mol. The first-order valence-electron chi connectivity index (χ1n) is 10.3. The Balaban J connectivity index is 1.14. The molecule has 2 aromatic carbocycles. The zero-order valence-corrected chi connectivity index (χ0v) is 16.9. The van der Waals surface area contributed by atoms with E-state index in [4.69, 9.17) is 4.52 Å². The molecule has 5 nitrogen and oxygen atoms in total. The normalized spacial score (nSPS) is 14.9. The zero-order chi connectivity index (χ0) is 20.8. The molecule has 0 atom stereocenters. The minimum atomic E-state index is -0.301. The van der Waals surface area contributed by atoms with Crippen molar-refractivity contribution in [2.24, 2.45) is 0 Å². The van der Waals surface area contributed by atoms with Crippen LogP contribution >= 0.6 is 0 Å². The van der Waals surface area contributed by atoms with Crippen molar-refractivity contribution >= 4 is 5.69 Å². The number of nitrogens with one attached hydrogen (secondary N) is 1. The van der Waals surface area contributed by atoms with Crippen molar-refractivity contribution in [1.82, 2.24) is 15.4 Å². The Morgan fingerprint density at radius 2 is 1.73 bits per heavy atom. The summed E-state index contributed by atoms with van der Waals surface area (Å²) in [5.41, 5.74) is 2.05. The zero-order valence-electron chi connectivity index (χ0n) is 16.9. The lowest BCUT2D eigenvalue weighted by atomic mass is 10.1. The summed E-state index contributed by atoms with van der Waals surface area (Å²) in [4.78, 5) is 4.75. The first kappa shape index (κ1) is 20.5. The van der Waals surface area contributed by atoms with Crippen molar-refractivity contribution in [1.29, 1.82) is 0 Å². The molecule has 0 bridgehead atoms. The van der Waals surface area contributed by atoms with E-state index in [9.17, 15) is 8.78 Å². The van der Waals surface area contributed by atoms with E-state index in [0.717, 1.165) is 51.4 Å². The Bertz CT molecular complexity index is 936. The van der Waals surface area contributed by atoms with Crippen LogP contribution in [-0.2, 0) is 6.54 Å². The molecule has 3 aromatic rings. The van der Waals surface area contributed by atoms with Crippen LogP contribution in [0.15, 0.2) is 59.1 Å². The topological polar surface area (TPSA) is 44.5 Å². The van der Waals surface area contributed by atoms with Crippen LogP contribution < -0.4 is 10.2 Å². The van der Waals surface area contributed by atoms with Crippen LogP contribution in [0.5, 0.6) is 0 Å². The van der Waals surface area contributed by atoms with Crippen molar-refractivity contribution in [2.75, 3.05) is 44.2 Å². The van der Waals surface area contributed by atoms with Gasteiger partial charge >= 0.3 is 0 Å². The van der Waals surface area contributed by atoms with Crippen LogP contribution in [0.1, 0.15) is 12.2 Å². The first-order valence-corrected chi connectivity index (χ1v) is 10.3. The Labute approximate surface area is 175 Å². The molecule has 0 aliphatic carbocycles. The van der Waals surface area contributed by atoms with E-state index in [1.165, 1.54) is 18.2 Å². The summed E-state index contributed by atoms with van der Waals surface area (Å²) in [6.07, 6.45) is 1.03. The van der Waals surface area contributed by atoms with E-state index >= 15 is 0 Å². The Morgan fingerprint density at radius 1 is 0.967 bits per heavy atom. The summed E-state index contributed by atoms with van der Waals surface area (Å²) in [6.45, 7) is 6.39. The molecule has 0 amide bonds. The smallest absolute Gasteiger partial charge is 0.151 e. The molecule has 4 rings (SSSR count). The molecule has 30 heavy (non-hydrogen) atoms. The van der Waals surface area contributed by atoms with E-state index in [1.54, 1.807) is 24.3 Å². The van der Waals surface area contributed by atoms with Gasteiger partial charge in [-0.1, -0.05) is 17.3 Å². The van der Waals surface area contributed by atoms with Gasteiger partial charge in [0.25, 0.3) is 0 Å². The molecular formula is C23H26F2N4O. The molecule has 1 N–H and O–H groups in total. The highest BCUT2D eigenvalue weighted by Gasteiger charge is 2.17. The number of benzene rings is 2. The van der Waals surface area contributed by atoms with Gasteiger partial charge in [0.05, 0.1) is 6.54 Å². The molecule has 1 saturated heterocycles. The average Bonchev–Trinajstić information content (AvgIpc) is 3.23. The molecular weight excluding hydrogens is 386 g/mol. The molecule has 1 fully saturated rings. The summed E-state index contributed by atoms with van der Waals surface area (Å²) < 4.78 is 32.2. The average molecular weight is 412 g/mol. The van der Waals surface area contributed by atoms with Gasteiger partial charge in [0.1, 0.15) is 17.3 Å². The summed E-state index contributed by atoms with van der Waals surface area (Å²) in [5.74, 6) is 0.199. The fraction of sp³-hybridized carbons (Fsp3) is 0.348. The second-order valence-corrected chi connectivity index (χ2v) is 7.49. The Kier molecular flexibility index (Phi) is 6.71. The summed E-state index contributed by atoms with van der Waals surface area (Å²) in [7, 11) is 0. The Morgan fingerprint density at radius 3 is 2.50 bits per heavy atom. The number of aromatic nitrogens is 1. The van der Waals surface area contributed by atoms with Crippen molar-refractivity contribution in [3.63, 3.8) is 0 Å². The van der Waals surface area contributed by atoms with Crippen LogP contribution in [0.4, 0.5) is 14.5 Å². The van der Waals surface area contributed by atoms with Gasteiger partial charge in [-0.25, -0.2) is 8.78 Å². The third-order valence-corrected chi connectivity index (χ3v) is 5.40. The maximum Gasteiger partial charge on any atom is 0.151 e. The standard InChI is InChI=1S/C23H26F2N4O/c24-18-6-8-19(9-7-18)29-14-12-28(13-15-29)11-3-10-26-17-20-16-23(27-30-20)21-4-1-2-5-22(21)25/h1-2,4-9,16,26H,3,10-15,17H2. The third-order valence-electron chi connectivity index (χ3n) is 5.40. The van der Waals surface area contributed by atoms with Gasteiger partial charge in [-0.15, -0.1) is 0 Å². The molecule has 0 unspecified atom stereocenters. The van der Waals surface area contributed by atoms with Crippen LogP contribution in [-0.4, -0.2) is 49.3 Å². The highest BCUT2D eigenvalue weighted by molar-refractivity contribution is 5.59. The van der Waals surface area contributed by atoms with Crippen LogP contribution in [0.2, 0.25) is 0 Å². The van der Waals surface area contributed by atoms with E-state index in [0.29, 0.717) is 23.6 Å². The van der Waals surface area contributed by atoms with Crippen molar-refractivity contribution in [2.45, 2.75) is 13.0 Å². The number of halogens is 2. The minimum Gasteiger partial charge on any atom is -0.369 e. The summed E-state index contributed by atoms with van der Waals surface area (Å²) in [6, 6.07) is 15.0. The summed E-state index contributed by atoms with van der Waals surface area (Å²) >= 11 is 0. The van der Waals surface area contributed by atoms with E-state index < -0.39 is 0 Å². The van der Waals surface area contributed by atoms with Crippen molar-refractivity contribution in [3.8, 4) is 11.3 Å². The molecule has 158 valence electrons. The maximum absolute atomic E-state index is 13.8. The van der Waals surface area contributed by atoms with Crippen LogP contribution in [0.25, 0.3) is 11.3 Å². The fourth-order valence-electron chi connectivity index (χ4n) is 3.71. The number of hydrogen-bond donors (Lipinski definition) is 1.